The highest BCUT2D eigenvalue weighted by molar-refractivity contribution is 5.26. The second-order valence-corrected chi connectivity index (χ2v) is 5.71. The number of nitrogens with zero attached hydrogens (tertiary/aromatic N) is 3. The molecule has 0 aliphatic carbocycles. The largest absolute Gasteiger partial charge is 0.508 e. The summed E-state index contributed by atoms with van der Waals surface area (Å²) in [5.41, 5.74) is 8.89. The second kappa shape index (κ2) is 7.98. The third-order valence-corrected chi connectivity index (χ3v) is 4.04. The Morgan fingerprint density at radius 2 is 1.96 bits per heavy atom. The molecule has 2 saturated heterocycles. The number of phenols is 1. The van der Waals surface area contributed by atoms with Crippen molar-refractivity contribution in [3.05, 3.63) is 40.3 Å². The molecule has 25 heavy (non-hydrogen) atoms. The lowest BCUT2D eigenvalue weighted by Crippen LogP contribution is -2.62. The van der Waals surface area contributed by atoms with E-state index in [9.17, 15) is 15.3 Å². The lowest BCUT2D eigenvalue weighted by atomic mass is 9.98. The molecule has 136 valence electrons. The van der Waals surface area contributed by atoms with Crippen LogP contribution in [0.4, 0.5) is 0 Å². The number of ether oxygens (including phenoxy) is 4. The molecule has 10 nitrogen and oxygen atoms in total. The molecule has 0 bridgehead atoms. The van der Waals surface area contributed by atoms with Crippen LogP contribution in [0.3, 0.4) is 0 Å². The van der Waals surface area contributed by atoms with Crippen LogP contribution < -0.4 is 0 Å². The molecule has 1 aromatic rings. The van der Waals surface area contributed by atoms with Gasteiger partial charge in [-0.25, -0.2) is 0 Å². The highest BCUT2D eigenvalue weighted by atomic mass is 16.8. The molecule has 2 heterocycles. The summed E-state index contributed by atoms with van der Waals surface area (Å²) in [6.07, 6.45) is -5.76. The van der Waals surface area contributed by atoms with Crippen LogP contribution in [-0.2, 0) is 18.9 Å². The summed E-state index contributed by atoms with van der Waals surface area (Å²) in [6.45, 7) is 0.271. The van der Waals surface area contributed by atoms with Crippen molar-refractivity contribution in [2.75, 3.05) is 19.8 Å². The Balaban J connectivity index is 1.62. The minimum absolute atomic E-state index is 0.0493. The summed E-state index contributed by atoms with van der Waals surface area (Å²) in [7, 11) is 0. The summed E-state index contributed by atoms with van der Waals surface area (Å²) in [6, 6.07) is 6.30. The number of hydrogen-bond acceptors (Lipinski definition) is 8. The molecule has 0 radical (unpaired) electrons. The van der Waals surface area contributed by atoms with E-state index in [1.54, 1.807) is 12.1 Å². The summed E-state index contributed by atoms with van der Waals surface area (Å²) < 4.78 is 22.2. The summed E-state index contributed by atoms with van der Waals surface area (Å²) in [5.74, 6) is 0.120. The SMILES string of the molecule is [N-]=[N+]=NCCO[C@@H]1O[C@@H]2COC(c3ccc(O)cc3)O[C@@H]2[C@H](O)[C@H]1O. The zero-order valence-electron chi connectivity index (χ0n) is 13.2. The summed E-state index contributed by atoms with van der Waals surface area (Å²) in [5, 5.41) is 33.2. The van der Waals surface area contributed by atoms with Gasteiger partial charge in [0.15, 0.2) is 12.6 Å². The zero-order valence-corrected chi connectivity index (χ0v) is 13.2. The van der Waals surface area contributed by atoms with E-state index in [0.717, 1.165) is 0 Å². The molecule has 3 N–H and O–H groups in total. The van der Waals surface area contributed by atoms with Crippen LogP contribution in [0.15, 0.2) is 29.4 Å². The van der Waals surface area contributed by atoms with E-state index in [1.807, 2.05) is 0 Å². The Bertz CT molecular complexity index is 620. The Labute approximate surface area is 143 Å². The molecule has 0 aromatic heterocycles. The third-order valence-electron chi connectivity index (χ3n) is 4.04. The van der Waals surface area contributed by atoms with Crippen LogP contribution >= 0.6 is 0 Å². The first kappa shape index (κ1) is 17.9. The van der Waals surface area contributed by atoms with Gasteiger partial charge in [0, 0.05) is 17.0 Å². The normalized spacial score (nSPS) is 34.8. The number of fused-ring (bicyclic) bond motifs is 1. The van der Waals surface area contributed by atoms with Gasteiger partial charge >= 0.3 is 0 Å². The van der Waals surface area contributed by atoms with Gasteiger partial charge < -0.3 is 34.3 Å². The van der Waals surface area contributed by atoms with Crippen molar-refractivity contribution in [2.45, 2.75) is 37.0 Å². The predicted molar refractivity (Wildman–Crippen MR) is 82.3 cm³/mol. The van der Waals surface area contributed by atoms with Gasteiger partial charge in [-0.1, -0.05) is 17.2 Å². The zero-order chi connectivity index (χ0) is 17.8. The molecule has 10 heteroatoms. The second-order valence-electron chi connectivity index (χ2n) is 5.71. The molecule has 2 aliphatic heterocycles. The summed E-state index contributed by atoms with van der Waals surface area (Å²) in [4.78, 5) is 2.60. The maximum Gasteiger partial charge on any atom is 0.186 e. The Morgan fingerprint density at radius 1 is 1.20 bits per heavy atom. The van der Waals surface area contributed by atoms with Crippen LogP contribution in [0.1, 0.15) is 11.9 Å². The van der Waals surface area contributed by atoms with Crippen molar-refractivity contribution in [1.82, 2.24) is 0 Å². The Hall–Kier alpha value is -1.91. The average Bonchev–Trinajstić information content (AvgIpc) is 2.63. The fourth-order valence-corrected chi connectivity index (χ4v) is 2.77. The highest BCUT2D eigenvalue weighted by Crippen LogP contribution is 2.34. The molecule has 0 saturated carbocycles. The lowest BCUT2D eigenvalue weighted by Gasteiger charge is -2.46. The van der Waals surface area contributed by atoms with Gasteiger partial charge in [-0.3, -0.25) is 0 Å². The van der Waals surface area contributed by atoms with Crippen LogP contribution in [0.5, 0.6) is 5.75 Å². The van der Waals surface area contributed by atoms with Gasteiger partial charge in [0.2, 0.25) is 0 Å². The molecule has 0 amide bonds. The van der Waals surface area contributed by atoms with E-state index >= 15 is 0 Å². The third kappa shape index (κ3) is 4.02. The number of azide groups is 1. The first-order chi connectivity index (χ1) is 12.1. The topological polar surface area (TPSA) is 146 Å². The Kier molecular flexibility index (Phi) is 5.71. The number of aromatic hydroxyl groups is 1. The molecule has 2 fully saturated rings. The molecule has 2 aliphatic rings. The molecular weight excluding hydrogens is 334 g/mol. The van der Waals surface area contributed by atoms with Crippen molar-refractivity contribution in [3.8, 4) is 5.75 Å². The van der Waals surface area contributed by atoms with Crippen molar-refractivity contribution < 1.29 is 34.3 Å². The van der Waals surface area contributed by atoms with E-state index in [0.29, 0.717) is 5.56 Å². The van der Waals surface area contributed by atoms with E-state index in [-0.39, 0.29) is 25.5 Å². The van der Waals surface area contributed by atoms with Crippen LogP contribution in [0.25, 0.3) is 10.4 Å². The smallest absolute Gasteiger partial charge is 0.186 e. The number of aliphatic hydroxyl groups is 2. The molecule has 0 spiro atoms. The fourth-order valence-electron chi connectivity index (χ4n) is 2.77. The van der Waals surface area contributed by atoms with E-state index in [4.69, 9.17) is 24.5 Å². The van der Waals surface area contributed by atoms with Crippen molar-refractivity contribution in [1.29, 1.82) is 0 Å². The van der Waals surface area contributed by atoms with Crippen molar-refractivity contribution >= 4 is 0 Å². The fraction of sp³-hybridized carbons (Fsp3) is 0.600. The van der Waals surface area contributed by atoms with E-state index in [1.165, 1.54) is 12.1 Å². The predicted octanol–water partition coefficient (Wildman–Crippen LogP) is 0.580. The molecule has 3 rings (SSSR count). The van der Waals surface area contributed by atoms with Gasteiger partial charge in [-0.05, 0) is 17.7 Å². The first-order valence-corrected chi connectivity index (χ1v) is 7.80. The van der Waals surface area contributed by atoms with Crippen LogP contribution in [-0.4, -0.2) is 65.8 Å². The number of hydrogen-bond donors (Lipinski definition) is 3. The van der Waals surface area contributed by atoms with Crippen LogP contribution in [0, 0.1) is 0 Å². The maximum atomic E-state index is 10.3. The lowest BCUT2D eigenvalue weighted by molar-refractivity contribution is -0.361. The molecular formula is C15H19N3O7. The van der Waals surface area contributed by atoms with Gasteiger partial charge in [0.25, 0.3) is 0 Å². The van der Waals surface area contributed by atoms with Crippen LogP contribution in [0.2, 0.25) is 0 Å². The van der Waals surface area contributed by atoms with E-state index < -0.39 is 37.0 Å². The molecule has 6 atom stereocenters. The van der Waals surface area contributed by atoms with Crippen molar-refractivity contribution in [2.24, 2.45) is 5.11 Å². The quantitative estimate of drug-likeness (QED) is 0.304. The number of benzene rings is 1. The van der Waals surface area contributed by atoms with Gasteiger partial charge in [-0.2, -0.15) is 0 Å². The minimum atomic E-state index is -1.31. The number of aliphatic hydroxyl groups excluding tert-OH is 2. The van der Waals surface area contributed by atoms with Gasteiger partial charge in [0.1, 0.15) is 30.2 Å². The number of rotatable bonds is 5. The highest BCUT2D eigenvalue weighted by Gasteiger charge is 2.49. The average molecular weight is 353 g/mol. The maximum absolute atomic E-state index is 10.3. The first-order valence-electron chi connectivity index (χ1n) is 7.80. The standard InChI is InChI=1S/C15H19N3O7/c16-18-17-5-6-22-15-12(21)11(20)13-10(24-15)7-23-14(25-13)8-1-3-9(19)4-2-8/h1-4,10-15,19-21H,5-7H2/t10-,11-,12-,13+,14?,15-/m1/s1. The monoisotopic (exact) mass is 353 g/mol. The number of phenolic OH excluding ortho intramolecular Hbond substituents is 1. The van der Waals surface area contributed by atoms with E-state index in [2.05, 4.69) is 10.0 Å². The van der Waals surface area contributed by atoms with Gasteiger partial charge in [-0.15, -0.1) is 0 Å². The minimum Gasteiger partial charge on any atom is -0.508 e. The Morgan fingerprint density at radius 3 is 2.68 bits per heavy atom. The molecule has 1 aromatic carbocycles. The molecule has 1 unspecified atom stereocenters. The van der Waals surface area contributed by atoms with Gasteiger partial charge in [0.05, 0.1) is 13.2 Å². The van der Waals surface area contributed by atoms with Crippen molar-refractivity contribution in [3.63, 3.8) is 0 Å². The summed E-state index contributed by atoms with van der Waals surface area (Å²) >= 11 is 0.